The van der Waals surface area contributed by atoms with Crippen LogP contribution in [0.2, 0.25) is 0 Å². The smallest absolute Gasteiger partial charge is 0.224 e. The summed E-state index contributed by atoms with van der Waals surface area (Å²) < 4.78 is 0. The molecule has 1 aliphatic rings. The van der Waals surface area contributed by atoms with Crippen LogP contribution in [0.4, 0.5) is 0 Å². The third-order valence-corrected chi connectivity index (χ3v) is 2.15. The normalized spacial score (nSPS) is 25.1. The van der Waals surface area contributed by atoms with E-state index in [9.17, 15) is 4.79 Å². The molecule has 0 fully saturated rings. The molecule has 1 atom stereocenters. The molecular weight excluding hydrogens is 134 g/mol. The van der Waals surface area contributed by atoms with Crippen molar-refractivity contribution < 1.29 is 4.79 Å². The predicted octanol–water partition coefficient (Wildman–Crippen LogP) is 1.40. The highest BCUT2D eigenvalue weighted by atomic mass is 32.2. The molecule has 0 spiro atoms. The molecule has 0 aromatic rings. The highest BCUT2D eigenvalue weighted by molar-refractivity contribution is 8.02. The van der Waals surface area contributed by atoms with Crippen LogP contribution in [0.15, 0.2) is 11.6 Å². The minimum Gasteiger partial charge on any atom is -0.306 e. The lowest BCUT2D eigenvalue weighted by Crippen LogP contribution is -2.26. The van der Waals surface area contributed by atoms with Gasteiger partial charge in [-0.3, -0.25) is 4.79 Å². The lowest BCUT2D eigenvalue weighted by Gasteiger charge is -2.15. The Labute approximate surface area is 58.9 Å². The summed E-state index contributed by atoms with van der Waals surface area (Å²) in [6.07, 6.45) is 1.82. The predicted molar refractivity (Wildman–Crippen MR) is 38.7 cm³/mol. The summed E-state index contributed by atoms with van der Waals surface area (Å²) in [6.45, 7) is 3.58. The number of thioether (sulfide) groups is 1. The van der Waals surface area contributed by atoms with Crippen molar-refractivity contribution in [2.45, 2.75) is 19.2 Å². The Morgan fingerprint density at radius 2 is 2.44 bits per heavy atom. The number of amides is 1. The SMILES string of the molecule is CC(=O)N1C=CSC1C. The molecule has 0 aromatic heterocycles. The Morgan fingerprint density at radius 3 is 2.67 bits per heavy atom. The quantitative estimate of drug-likeness (QED) is 0.511. The van der Waals surface area contributed by atoms with Gasteiger partial charge in [0.15, 0.2) is 0 Å². The molecule has 0 bridgehead atoms. The van der Waals surface area contributed by atoms with Crippen molar-refractivity contribution in [3.05, 3.63) is 11.6 Å². The van der Waals surface area contributed by atoms with Gasteiger partial charge in [0.25, 0.3) is 0 Å². The van der Waals surface area contributed by atoms with E-state index in [1.165, 1.54) is 0 Å². The van der Waals surface area contributed by atoms with E-state index in [0.717, 1.165) is 0 Å². The summed E-state index contributed by atoms with van der Waals surface area (Å²) in [6, 6.07) is 0. The van der Waals surface area contributed by atoms with Gasteiger partial charge in [0.1, 0.15) is 0 Å². The lowest BCUT2D eigenvalue weighted by atomic mass is 10.5. The van der Waals surface area contributed by atoms with Gasteiger partial charge in [-0.25, -0.2) is 0 Å². The highest BCUT2D eigenvalue weighted by Gasteiger charge is 2.17. The standard InChI is InChI=1S/C6H9NOS/c1-5(8)7-3-4-9-6(7)2/h3-4,6H,1-2H3. The van der Waals surface area contributed by atoms with E-state index in [2.05, 4.69) is 0 Å². The van der Waals surface area contributed by atoms with Crippen LogP contribution in [-0.4, -0.2) is 16.2 Å². The molecule has 1 rings (SSSR count). The highest BCUT2D eigenvalue weighted by Crippen LogP contribution is 2.23. The second-order valence-corrected chi connectivity index (χ2v) is 3.17. The van der Waals surface area contributed by atoms with E-state index in [1.807, 2.05) is 18.5 Å². The fraction of sp³-hybridized carbons (Fsp3) is 0.500. The van der Waals surface area contributed by atoms with E-state index in [1.54, 1.807) is 23.6 Å². The van der Waals surface area contributed by atoms with Crippen LogP contribution in [0.3, 0.4) is 0 Å². The van der Waals surface area contributed by atoms with Crippen LogP contribution in [0.1, 0.15) is 13.8 Å². The maximum atomic E-state index is 10.7. The molecule has 1 amide bonds. The van der Waals surface area contributed by atoms with E-state index in [-0.39, 0.29) is 5.91 Å². The molecule has 2 nitrogen and oxygen atoms in total. The summed E-state index contributed by atoms with van der Waals surface area (Å²) in [7, 11) is 0. The zero-order chi connectivity index (χ0) is 6.85. The van der Waals surface area contributed by atoms with Gasteiger partial charge in [0.05, 0.1) is 5.37 Å². The molecule has 9 heavy (non-hydrogen) atoms. The molecule has 0 radical (unpaired) electrons. The maximum absolute atomic E-state index is 10.7. The molecule has 50 valence electrons. The minimum absolute atomic E-state index is 0.115. The van der Waals surface area contributed by atoms with Gasteiger partial charge >= 0.3 is 0 Å². The van der Waals surface area contributed by atoms with Gasteiger partial charge in [-0.1, -0.05) is 0 Å². The summed E-state index contributed by atoms with van der Waals surface area (Å²) in [4.78, 5) is 12.4. The third-order valence-electron chi connectivity index (χ3n) is 1.25. The van der Waals surface area contributed by atoms with Crippen LogP contribution in [0.25, 0.3) is 0 Å². The van der Waals surface area contributed by atoms with Gasteiger partial charge in [0, 0.05) is 13.1 Å². The van der Waals surface area contributed by atoms with Crippen LogP contribution in [-0.2, 0) is 4.79 Å². The van der Waals surface area contributed by atoms with E-state index < -0.39 is 0 Å². The molecular formula is C6H9NOS. The van der Waals surface area contributed by atoms with E-state index in [4.69, 9.17) is 0 Å². The monoisotopic (exact) mass is 143 g/mol. The molecule has 3 heteroatoms. The van der Waals surface area contributed by atoms with Crippen molar-refractivity contribution in [2.75, 3.05) is 0 Å². The van der Waals surface area contributed by atoms with Crippen LogP contribution in [0.5, 0.6) is 0 Å². The van der Waals surface area contributed by atoms with Gasteiger partial charge in [-0.2, -0.15) is 0 Å². The molecule has 1 unspecified atom stereocenters. The first kappa shape index (κ1) is 6.68. The molecule has 0 N–H and O–H groups in total. The molecule has 0 saturated carbocycles. The summed E-state index contributed by atoms with van der Waals surface area (Å²) in [5, 5.41) is 2.23. The molecule has 1 heterocycles. The first-order valence-electron chi connectivity index (χ1n) is 2.83. The number of nitrogens with zero attached hydrogens (tertiary/aromatic N) is 1. The topological polar surface area (TPSA) is 20.3 Å². The first-order valence-corrected chi connectivity index (χ1v) is 3.77. The average Bonchev–Trinajstić information content (AvgIpc) is 2.13. The second kappa shape index (κ2) is 2.43. The molecule has 0 saturated heterocycles. The van der Waals surface area contributed by atoms with Gasteiger partial charge in [-0.15, -0.1) is 11.8 Å². The zero-order valence-corrected chi connectivity index (χ0v) is 6.31. The summed E-state index contributed by atoms with van der Waals surface area (Å²) in [5.74, 6) is 0.115. The van der Waals surface area contributed by atoms with Crippen LogP contribution < -0.4 is 0 Å². The Bertz CT molecular complexity index is 155. The number of carbonyl (C=O) groups excluding carboxylic acids is 1. The number of carbonyl (C=O) groups is 1. The van der Waals surface area contributed by atoms with Crippen LogP contribution in [0, 0.1) is 0 Å². The van der Waals surface area contributed by atoms with Crippen molar-refractivity contribution in [2.24, 2.45) is 0 Å². The average molecular weight is 143 g/mol. The third kappa shape index (κ3) is 1.27. The maximum Gasteiger partial charge on any atom is 0.224 e. The largest absolute Gasteiger partial charge is 0.306 e. The Balaban J connectivity index is 2.59. The second-order valence-electron chi connectivity index (χ2n) is 1.95. The summed E-state index contributed by atoms with van der Waals surface area (Å²) in [5.41, 5.74) is 0. The molecule has 1 aliphatic heterocycles. The summed E-state index contributed by atoms with van der Waals surface area (Å²) >= 11 is 1.66. The van der Waals surface area contributed by atoms with Crippen molar-refractivity contribution in [1.29, 1.82) is 0 Å². The van der Waals surface area contributed by atoms with Gasteiger partial charge < -0.3 is 4.90 Å². The van der Waals surface area contributed by atoms with Crippen molar-refractivity contribution in [1.82, 2.24) is 4.90 Å². The fourth-order valence-electron chi connectivity index (χ4n) is 0.762. The van der Waals surface area contributed by atoms with Crippen molar-refractivity contribution in [3.8, 4) is 0 Å². The first-order chi connectivity index (χ1) is 4.22. The Hall–Kier alpha value is -0.440. The number of hydrogen-bond donors (Lipinski definition) is 0. The molecule has 0 aromatic carbocycles. The van der Waals surface area contributed by atoms with E-state index in [0.29, 0.717) is 5.37 Å². The van der Waals surface area contributed by atoms with Crippen molar-refractivity contribution in [3.63, 3.8) is 0 Å². The van der Waals surface area contributed by atoms with Crippen molar-refractivity contribution >= 4 is 17.7 Å². The van der Waals surface area contributed by atoms with Gasteiger partial charge in [0.2, 0.25) is 5.91 Å². The minimum atomic E-state index is 0.115. The Morgan fingerprint density at radius 1 is 1.78 bits per heavy atom. The van der Waals surface area contributed by atoms with Gasteiger partial charge in [-0.05, 0) is 12.3 Å². The zero-order valence-electron chi connectivity index (χ0n) is 5.50. The fourth-order valence-corrected chi connectivity index (χ4v) is 1.54. The number of hydrogen-bond acceptors (Lipinski definition) is 2. The van der Waals surface area contributed by atoms with E-state index >= 15 is 0 Å². The molecule has 0 aliphatic carbocycles. The lowest BCUT2D eigenvalue weighted by molar-refractivity contribution is -0.126. The van der Waals surface area contributed by atoms with Crippen LogP contribution >= 0.6 is 11.8 Å². The Kier molecular flexibility index (Phi) is 1.81. The number of rotatable bonds is 0.